The predicted octanol–water partition coefficient (Wildman–Crippen LogP) is 1.19. The molecule has 0 saturated heterocycles. The molecule has 2 atom stereocenters. The quantitative estimate of drug-likeness (QED) is 0.298. The van der Waals surface area contributed by atoms with Gasteiger partial charge in [-0.25, -0.2) is 4.79 Å². The van der Waals surface area contributed by atoms with E-state index >= 15 is 0 Å². The predicted molar refractivity (Wildman–Crippen MR) is 110 cm³/mol. The molecule has 29 heavy (non-hydrogen) atoms. The van der Waals surface area contributed by atoms with Gasteiger partial charge in [0.2, 0.25) is 11.8 Å². The summed E-state index contributed by atoms with van der Waals surface area (Å²) in [6.07, 6.45) is 2.99. The number of amides is 4. The first-order valence-electron chi connectivity index (χ1n) is 10.2. The van der Waals surface area contributed by atoms with Crippen LogP contribution in [-0.2, 0) is 19.2 Å². The van der Waals surface area contributed by atoms with Crippen LogP contribution in [0.2, 0.25) is 0 Å². The summed E-state index contributed by atoms with van der Waals surface area (Å²) >= 11 is 0. The molecule has 0 aromatic heterocycles. The SMILES string of the molecule is CCC(=O)[C@H](CCCNC(N)=O)NC(=O)[C@@H](NC(=O)CCCCC(C)=O)C(C)C. The van der Waals surface area contributed by atoms with Crippen LogP contribution in [0.3, 0.4) is 0 Å². The minimum absolute atomic E-state index is 0.0857. The molecule has 4 amide bonds. The molecule has 0 bridgehead atoms. The topological polar surface area (TPSA) is 147 Å². The van der Waals surface area contributed by atoms with Crippen molar-refractivity contribution in [3.05, 3.63) is 0 Å². The number of Topliss-reactive ketones (excluding diaryl/α,β-unsaturated/α-hetero) is 2. The Labute approximate surface area is 172 Å². The van der Waals surface area contributed by atoms with Gasteiger partial charge >= 0.3 is 6.03 Å². The third-order valence-corrected chi connectivity index (χ3v) is 4.47. The number of nitrogens with one attached hydrogen (secondary N) is 3. The van der Waals surface area contributed by atoms with Crippen molar-refractivity contribution in [1.82, 2.24) is 16.0 Å². The van der Waals surface area contributed by atoms with E-state index in [0.717, 1.165) is 0 Å². The van der Waals surface area contributed by atoms with Gasteiger partial charge in [0.1, 0.15) is 11.8 Å². The number of ketones is 2. The van der Waals surface area contributed by atoms with Gasteiger partial charge in [0, 0.05) is 25.8 Å². The smallest absolute Gasteiger partial charge is 0.312 e. The van der Waals surface area contributed by atoms with Gasteiger partial charge in [0.15, 0.2) is 5.78 Å². The second kappa shape index (κ2) is 14.5. The number of primary amides is 1. The molecule has 0 aromatic rings. The summed E-state index contributed by atoms with van der Waals surface area (Å²) in [5, 5.41) is 7.91. The van der Waals surface area contributed by atoms with Gasteiger partial charge in [0.25, 0.3) is 0 Å². The van der Waals surface area contributed by atoms with E-state index in [1.807, 2.05) is 13.8 Å². The van der Waals surface area contributed by atoms with Crippen LogP contribution in [0.25, 0.3) is 0 Å². The summed E-state index contributed by atoms with van der Waals surface area (Å²) in [6.45, 7) is 7.16. The molecule has 0 radical (unpaired) electrons. The Hall–Kier alpha value is -2.45. The van der Waals surface area contributed by atoms with Crippen LogP contribution >= 0.6 is 0 Å². The van der Waals surface area contributed by atoms with Crippen molar-refractivity contribution in [2.45, 2.75) is 84.7 Å². The highest BCUT2D eigenvalue weighted by molar-refractivity contribution is 5.92. The first-order valence-corrected chi connectivity index (χ1v) is 10.2. The molecule has 0 fully saturated rings. The Balaban J connectivity index is 4.75. The molecule has 0 aromatic carbocycles. The van der Waals surface area contributed by atoms with E-state index in [1.165, 1.54) is 6.92 Å². The Morgan fingerprint density at radius 2 is 1.55 bits per heavy atom. The van der Waals surface area contributed by atoms with E-state index in [0.29, 0.717) is 38.6 Å². The molecular weight excluding hydrogens is 376 g/mol. The van der Waals surface area contributed by atoms with E-state index in [4.69, 9.17) is 5.73 Å². The largest absolute Gasteiger partial charge is 0.352 e. The Morgan fingerprint density at radius 1 is 0.931 bits per heavy atom. The molecule has 166 valence electrons. The molecular formula is C20H36N4O5. The molecule has 0 aliphatic carbocycles. The number of hydrogen-bond acceptors (Lipinski definition) is 5. The van der Waals surface area contributed by atoms with Crippen LogP contribution < -0.4 is 21.7 Å². The molecule has 9 nitrogen and oxygen atoms in total. The van der Waals surface area contributed by atoms with E-state index in [9.17, 15) is 24.0 Å². The van der Waals surface area contributed by atoms with Gasteiger partial charge in [-0.1, -0.05) is 20.8 Å². The Kier molecular flexibility index (Phi) is 13.3. The molecule has 9 heteroatoms. The summed E-state index contributed by atoms with van der Waals surface area (Å²) in [4.78, 5) is 58.7. The fourth-order valence-corrected chi connectivity index (χ4v) is 2.78. The first-order chi connectivity index (χ1) is 13.6. The molecule has 5 N–H and O–H groups in total. The number of urea groups is 1. The number of carbonyl (C=O) groups excluding carboxylic acids is 5. The van der Waals surface area contributed by atoms with E-state index in [1.54, 1.807) is 6.92 Å². The molecule has 0 rings (SSSR count). The van der Waals surface area contributed by atoms with Gasteiger partial charge in [-0.3, -0.25) is 14.4 Å². The highest BCUT2D eigenvalue weighted by atomic mass is 16.2. The van der Waals surface area contributed by atoms with E-state index in [2.05, 4.69) is 16.0 Å². The van der Waals surface area contributed by atoms with Crippen LogP contribution in [0.5, 0.6) is 0 Å². The molecule has 0 heterocycles. The summed E-state index contributed by atoms with van der Waals surface area (Å²) in [5.41, 5.74) is 5.01. The monoisotopic (exact) mass is 412 g/mol. The summed E-state index contributed by atoms with van der Waals surface area (Å²) < 4.78 is 0. The maximum absolute atomic E-state index is 12.7. The molecule has 0 aliphatic rings. The van der Waals surface area contributed by atoms with Crippen LogP contribution in [0, 0.1) is 5.92 Å². The van der Waals surface area contributed by atoms with Crippen molar-refractivity contribution < 1.29 is 24.0 Å². The Morgan fingerprint density at radius 3 is 2.07 bits per heavy atom. The summed E-state index contributed by atoms with van der Waals surface area (Å²) in [5.74, 6) is -0.860. The van der Waals surface area contributed by atoms with Crippen LogP contribution in [-0.4, -0.2) is 48.0 Å². The highest BCUT2D eigenvalue weighted by Crippen LogP contribution is 2.08. The van der Waals surface area contributed by atoms with Crippen molar-refractivity contribution in [1.29, 1.82) is 0 Å². The van der Waals surface area contributed by atoms with Crippen molar-refractivity contribution >= 4 is 29.4 Å². The normalized spacial score (nSPS) is 12.7. The maximum atomic E-state index is 12.7. The van der Waals surface area contributed by atoms with Crippen LogP contribution in [0.15, 0.2) is 0 Å². The Bertz CT molecular complexity index is 577. The minimum Gasteiger partial charge on any atom is -0.352 e. The van der Waals surface area contributed by atoms with Crippen molar-refractivity contribution in [3.8, 4) is 0 Å². The number of unbranched alkanes of at least 4 members (excludes halogenated alkanes) is 1. The zero-order valence-corrected chi connectivity index (χ0v) is 18.0. The van der Waals surface area contributed by atoms with Crippen molar-refractivity contribution in [2.24, 2.45) is 11.7 Å². The standard InChI is InChI=1S/C20H36N4O5/c1-5-16(26)15(10-8-12-22-20(21)29)23-19(28)18(13(2)3)24-17(27)11-7-6-9-14(4)25/h13,15,18H,5-12H2,1-4H3,(H,23,28)(H,24,27)(H3,21,22,29)/t15-,18-/m0/s1. The number of rotatable bonds is 15. The average molecular weight is 413 g/mol. The zero-order valence-electron chi connectivity index (χ0n) is 18.0. The number of carbonyl (C=O) groups is 5. The number of hydrogen-bond donors (Lipinski definition) is 4. The van der Waals surface area contributed by atoms with E-state index < -0.39 is 24.0 Å². The molecule has 0 spiro atoms. The van der Waals surface area contributed by atoms with Crippen LogP contribution in [0.4, 0.5) is 4.79 Å². The van der Waals surface area contributed by atoms with Crippen LogP contribution in [0.1, 0.15) is 72.6 Å². The highest BCUT2D eigenvalue weighted by Gasteiger charge is 2.27. The third-order valence-electron chi connectivity index (χ3n) is 4.47. The molecule has 0 saturated carbocycles. The second-order valence-electron chi connectivity index (χ2n) is 7.51. The van der Waals surface area contributed by atoms with Gasteiger partial charge in [-0.05, 0) is 38.5 Å². The summed E-state index contributed by atoms with van der Waals surface area (Å²) in [7, 11) is 0. The third kappa shape index (κ3) is 12.6. The van der Waals surface area contributed by atoms with Gasteiger partial charge in [0.05, 0.1) is 6.04 Å². The van der Waals surface area contributed by atoms with Crippen molar-refractivity contribution in [2.75, 3.05) is 6.54 Å². The van der Waals surface area contributed by atoms with E-state index in [-0.39, 0.29) is 36.2 Å². The average Bonchev–Trinajstić information content (AvgIpc) is 2.64. The van der Waals surface area contributed by atoms with Crippen molar-refractivity contribution in [3.63, 3.8) is 0 Å². The molecule has 0 unspecified atom stereocenters. The first kappa shape index (κ1) is 26.6. The van der Waals surface area contributed by atoms with Gasteiger partial charge in [-0.2, -0.15) is 0 Å². The van der Waals surface area contributed by atoms with Gasteiger partial charge in [-0.15, -0.1) is 0 Å². The zero-order chi connectivity index (χ0) is 22.4. The van der Waals surface area contributed by atoms with Gasteiger partial charge < -0.3 is 26.5 Å². The lowest BCUT2D eigenvalue weighted by atomic mass is 10.00. The lowest BCUT2D eigenvalue weighted by Gasteiger charge is -2.25. The lowest BCUT2D eigenvalue weighted by Crippen LogP contribution is -2.53. The minimum atomic E-state index is -0.758. The lowest BCUT2D eigenvalue weighted by molar-refractivity contribution is -0.132. The maximum Gasteiger partial charge on any atom is 0.312 e. The summed E-state index contributed by atoms with van der Waals surface area (Å²) in [6, 6.07) is -2.08. The fourth-order valence-electron chi connectivity index (χ4n) is 2.78. The second-order valence-corrected chi connectivity index (χ2v) is 7.51. The molecule has 0 aliphatic heterocycles. The fraction of sp³-hybridized carbons (Fsp3) is 0.750. The number of nitrogens with two attached hydrogens (primary N) is 1.